The number of nitriles is 1. The van der Waals surface area contributed by atoms with E-state index in [0.29, 0.717) is 0 Å². The maximum atomic E-state index is 8.79. The Hall–Kier alpha value is -1.07. The summed E-state index contributed by atoms with van der Waals surface area (Å²) in [5, 5.41) is 9.90. The average Bonchev–Trinajstić information content (AvgIpc) is 2.08. The number of nitrogens with zero attached hydrogens (tertiary/aromatic N) is 1. The van der Waals surface area contributed by atoms with E-state index < -0.39 is 0 Å². The van der Waals surface area contributed by atoms with Crippen molar-refractivity contribution in [1.82, 2.24) is 0 Å². The van der Waals surface area contributed by atoms with Crippen molar-refractivity contribution in [2.75, 3.05) is 0 Å². The average molecular weight is 172 g/mol. The summed E-state index contributed by atoms with van der Waals surface area (Å²) in [5.41, 5.74) is 4.11. The Kier molecular flexibility index (Phi) is 2.34. The fourth-order valence-electron chi connectivity index (χ4n) is 1.20. The molecule has 0 aliphatic heterocycles. The highest BCUT2D eigenvalue weighted by Gasteiger charge is 2.05. The van der Waals surface area contributed by atoms with E-state index in [9.17, 15) is 0 Å². The van der Waals surface area contributed by atoms with Gasteiger partial charge in [0.1, 0.15) is 0 Å². The van der Waals surface area contributed by atoms with Crippen LogP contribution in [0.25, 0.3) is 0 Å². The molecule has 0 bridgehead atoms. The van der Waals surface area contributed by atoms with E-state index in [4.69, 9.17) is 5.26 Å². The van der Waals surface area contributed by atoms with Gasteiger partial charge < -0.3 is 0 Å². The Morgan fingerprint density at radius 3 is 2.33 bits per heavy atom. The molecular formula is C10H10NSi. The van der Waals surface area contributed by atoms with Crippen LogP contribution in [0.15, 0.2) is 6.07 Å². The van der Waals surface area contributed by atoms with Gasteiger partial charge in [-0.15, -0.1) is 0 Å². The molecule has 0 fully saturated rings. The molecule has 0 aliphatic carbocycles. The van der Waals surface area contributed by atoms with E-state index in [0.717, 1.165) is 27.4 Å². The Morgan fingerprint density at radius 1 is 1.25 bits per heavy atom. The SMILES string of the molecule is Cc1cc(C#N)c(C)c(C)c1[Si]. The zero-order valence-electron chi connectivity index (χ0n) is 7.52. The molecule has 0 saturated heterocycles. The Morgan fingerprint density at radius 2 is 1.83 bits per heavy atom. The summed E-state index contributed by atoms with van der Waals surface area (Å²) >= 11 is 0. The van der Waals surface area contributed by atoms with Crippen molar-refractivity contribution >= 4 is 15.4 Å². The predicted molar refractivity (Wildman–Crippen MR) is 50.8 cm³/mol. The molecule has 0 N–H and O–H groups in total. The third-order valence-electron chi connectivity index (χ3n) is 2.22. The predicted octanol–water partition coefficient (Wildman–Crippen LogP) is 1.28. The summed E-state index contributed by atoms with van der Waals surface area (Å²) < 4.78 is 0. The first kappa shape index (κ1) is 9.02. The normalized spacial score (nSPS) is 9.58. The number of benzene rings is 1. The van der Waals surface area contributed by atoms with Crippen LogP contribution in [0.4, 0.5) is 0 Å². The summed E-state index contributed by atoms with van der Waals surface area (Å²) in [6, 6.07) is 4.09. The van der Waals surface area contributed by atoms with Gasteiger partial charge in [-0.3, -0.25) is 0 Å². The molecule has 1 aromatic rings. The lowest BCUT2D eigenvalue weighted by Crippen LogP contribution is -2.14. The standard InChI is InChI=1S/C10H10NSi/c1-6-4-9(5-11)7(2)8(3)10(6)12/h4H,1-3H3. The van der Waals surface area contributed by atoms with Crippen LogP contribution in [0.3, 0.4) is 0 Å². The van der Waals surface area contributed by atoms with Crippen molar-refractivity contribution < 1.29 is 0 Å². The molecule has 12 heavy (non-hydrogen) atoms. The minimum atomic E-state index is 0.770. The zero-order chi connectivity index (χ0) is 9.30. The molecule has 0 aliphatic rings. The minimum absolute atomic E-state index is 0.770. The van der Waals surface area contributed by atoms with E-state index in [1.165, 1.54) is 0 Å². The van der Waals surface area contributed by atoms with Crippen LogP contribution >= 0.6 is 0 Å². The molecule has 0 unspecified atom stereocenters. The molecule has 1 aromatic carbocycles. The Labute approximate surface area is 76.5 Å². The molecule has 0 heterocycles. The van der Waals surface area contributed by atoms with Gasteiger partial charge in [-0.25, -0.2) is 0 Å². The van der Waals surface area contributed by atoms with E-state index in [1.807, 2.05) is 26.8 Å². The van der Waals surface area contributed by atoms with Gasteiger partial charge in [-0.05, 0) is 38.0 Å². The second-order valence-corrected chi connectivity index (χ2v) is 3.48. The summed E-state index contributed by atoms with van der Waals surface area (Å²) in [6.07, 6.45) is 0. The van der Waals surface area contributed by atoms with Gasteiger partial charge in [0.05, 0.1) is 21.9 Å². The monoisotopic (exact) mass is 172 g/mol. The smallest absolute Gasteiger partial charge is 0.0994 e. The third kappa shape index (κ3) is 1.28. The molecule has 0 saturated carbocycles. The molecule has 0 aromatic heterocycles. The summed E-state index contributed by atoms with van der Waals surface area (Å²) in [4.78, 5) is 0. The fraction of sp³-hybridized carbons (Fsp3) is 0.300. The van der Waals surface area contributed by atoms with E-state index in [2.05, 4.69) is 16.3 Å². The molecule has 2 heteroatoms. The van der Waals surface area contributed by atoms with Gasteiger partial charge in [0.2, 0.25) is 0 Å². The quantitative estimate of drug-likeness (QED) is 0.541. The highest BCUT2D eigenvalue weighted by Crippen LogP contribution is 2.11. The van der Waals surface area contributed by atoms with Gasteiger partial charge in [-0.1, -0.05) is 10.8 Å². The topological polar surface area (TPSA) is 23.8 Å². The maximum Gasteiger partial charge on any atom is 0.0994 e. The van der Waals surface area contributed by atoms with Crippen molar-refractivity contribution in [3.05, 3.63) is 28.3 Å². The number of rotatable bonds is 0. The van der Waals surface area contributed by atoms with Crippen LogP contribution in [-0.4, -0.2) is 10.2 Å². The van der Waals surface area contributed by atoms with Gasteiger partial charge in [0.15, 0.2) is 0 Å². The second-order valence-electron chi connectivity index (χ2n) is 2.98. The minimum Gasteiger partial charge on any atom is -0.192 e. The zero-order valence-corrected chi connectivity index (χ0v) is 8.52. The van der Waals surface area contributed by atoms with Crippen LogP contribution in [0.5, 0.6) is 0 Å². The largest absolute Gasteiger partial charge is 0.192 e. The molecule has 1 nitrogen and oxygen atoms in total. The lowest BCUT2D eigenvalue weighted by atomic mass is 10.0. The lowest BCUT2D eigenvalue weighted by molar-refractivity contribution is 1.30. The summed E-state index contributed by atoms with van der Waals surface area (Å²) in [5.74, 6) is 0. The van der Waals surface area contributed by atoms with E-state index in [1.54, 1.807) is 0 Å². The third-order valence-corrected chi connectivity index (χ3v) is 2.99. The molecular weight excluding hydrogens is 162 g/mol. The first-order valence-electron chi connectivity index (χ1n) is 3.80. The Balaban J connectivity index is 3.52. The molecule has 0 spiro atoms. The fourth-order valence-corrected chi connectivity index (χ4v) is 1.46. The van der Waals surface area contributed by atoms with E-state index in [-0.39, 0.29) is 0 Å². The number of aryl methyl sites for hydroxylation is 1. The van der Waals surface area contributed by atoms with Gasteiger partial charge in [0, 0.05) is 0 Å². The highest BCUT2D eigenvalue weighted by atomic mass is 28.1. The van der Waals surface area contributed by atoms with Crippen LogP contribution < -0.4 is 5.19 Å². The summed E-state index contributed by atoms with van der Waals surface area (Å²) in [7, 11) is 3.54. The van der Waals surface area contributed by atoms with E-state index >= 15 is 0 Å². The van der Waals surface area contributed by atoms with Crippen molar-refractivity contribution in [3.63, 3.8) is 0 Å². The second kappa shape index (κ2) is 3.12. The molecule has 59 valence electrons. The first-order chi connectivity index (χ1) is 5.57. The van der Waals surface area contributed by atoms with Crippen molar-refractivity contribution in [2.45, 2.75) is 20.8 Å². The van der Waals surface area contributed by atoms with Crippen LogP contribution in [0.1, 0.15) is 22.3 Å². The number of hydrogen-bond donors (Lipinski definition) is 0. The van der Waals surface area contributed by atoms with Crippen LogP contribution in [-0.2, 0) is 0 Å². The van der Waals surface area contributed by atoms with Crippen molar-refractivity contribution in [1.29, 1.82) is 5.26 Å². The van der Waals surface area contributed by atoms with Crippen molar-refractivity contribution in [3.8, 4) is 6.07 Å². The lowest BCUT2D eigenvalue weighted by Gasteiger charge is -2.09. The van der Waals surface area contributed by atoms with Crippen LogP contribution in [0.2, 0.25) is 0 Å². The Bertz CT molecular complexity index is 361. The molecule has 1 rings (SSSR count). The summed E-state index contributed by atoms with van der Waals surface area (Å²) in [6.45, 7) is 5.98. The first-order valence-corrected chi connectivity index (χ1v) is 4.30. The molecule has 0 amide bonds. The highest BCUT2D eigenvalue weighted by molar-refractivity contribution is 6.34. The van der Waals surface area contributed by atoms with Crippen molar-refractivity contribution in [2.24, 2.45) is 0 Å². The molecule has 0 atom stereocenters. The van der Waals surface area contributed by atoms with Crippen LogP contribution in [0, 0.1) is 32.1 Å². The van der Waals surface area contributed by atoms with Gasteiger partial charge >= 0.3 is 0 Å². The van der Waals surface area contributed by atoms with Gasteiger partial charge in [-0.2, -0.15) is 5.26 Å². The maximum absolute atomic E-state index is 8.79. The number of hydrogen-bond acceptors (Lipinski definition) is 1. The van der Waals surface area contributed by atoms with Gasteiger partial charge in [0.25, 0.3) is 0 Å². The molecule has 3 radical (unpaired) electrons.